The molecule has 2 aromatic rings. The minimum atomic E-state index is -0.250. The average molecular weight is 426 g/mol. The summed E-state index contributed by atoms with van der Waals surface area (Å²) in [7, 11) is 1.62. The maximum atomic E-state index is 13.2. The number of nitrogens with zero attached hydrogens (tertiary/aromatic N) is 1. The molecule has 0 N–H and O–H groups in total. The fourth-order valence-electron chi connectivity index (χ4n) is 4.13. The lowest BCUT2D eigenvalue weighted by atomic mass is 9.77. The van der Waals surface area contributed by atoms with Gasteiger partial charge in [0.25, 0.3) is 0 Å². The quantitative estimate of drug-likeness (QED) is 0.695. The van der Waals surface area contributed by atoms with E-state index in [4.69, 9.17) is 4.74 Å². The normalized spacial score (nSPS) is 19.9. The SMILES string of the molecule is COc1ccccc1C1CC(=O)N(c2cccc(Br)c2)C2=C1C(=O)CCC2. The molecule has 2 aromatic carbocycles. The van der Waals surface area contributed by atoms with Crippen LogP contribution in [0.5, 0.6) is 5.75 Å². The Morgan fingerprint density at radius 2 is 1.89 bits per heavy atom. The molecule has 1 amide bonds. The molecule has 138 valence electrons. The summed E-state index contributed by atoms with van der Waals surface area (Å²) >= 11 is 3.48. The molecule has 1 aliphatic carbocycles. The van der Waals surface area contributed by atoms with Crippen molar-refractivity contribution in [1.82, 2.24) is 0 Å². The van der Waals surface area contributed by atoms with Gasteiger partial charge in [0.2, 0.25) is 5.91 Å². The summed E-state index contributed by atoms with van der Waals surface area (Å²) in [5.74, 6) is 0.619. The molecule has 4 nitrogen and oxygen atoms in total. The van der Waals surface area contributed by atoms with Crippen LogP contribution in [0.3, 0.4) is 0 Å². The van der Waals surface area contributed by atoms with Crippen LogP contribution in [0.4, 0.5) is 5.69 Å². The Balaban J connectivity index is 1.89. The fraction of sp³-hybridized carbons (Fsp3) is 0.273. The first-order valence-electron chi connectivity index (χ1n) is 9.08. The number of ketones is 1. The highest BCUT2D eigenvalue weighted by atomic mass is 79.9. The zero-order chi connectivity index (χ0) is 19.0. The molecular weight excluding hydrogens is 406 g/mol. The molecule has 0 aromatic heterocycles. The second-order valence-corrected chi connectivity index (χ2v) is 7.76. The Morgan fingerprint density at radius 3 is 2.67 bits per heavy atom. The van der Waals surface area contributed by atoms with E-state index in [-0.39, 0.29) is 24.0 Å². The van der Waals surface area contributed by atoms with Gasteiger partial charge in [0, 0.05) is 45.8 Å². The number of allylic oxidation sites excluding steroid dienone is 2. The smallest absolute Gasteiger partial charge is 0.232 e. The summed E-state index contributed by atoms with van der Waals surface area (Å²) in [6, 6.07) is 15.3. The van der Waals surface area contributed by atoms with Crippen LogP contribution < -0.4 is 9.64 Å². The molecule has 1 aliphatic heterocycles. The number of anilines is 1. The molecule has 27 heavy (non-hydrogen) atoms. The zero-order valence-corrected chi connectivity index (χ0v) is 16.7. The number of halogens is 1. The van der Waals surface area contributed by atoms with Crippen molar-refractivity contribution in [1.29, 1.82) is 0 Å². The summed E-state index contributed by atoms with van der Waals surface area (Å²) in [5.41, 5.74) is 3.32. The van der Waals surface area contributed by atoms with E-state index in [2.05, 4.69) is 15.9 Å². The van der Waals surface area contributed by atoms with Crippen molar-refractivity contribution in [3.8, 4) is 5.75 Å². The number of rotatable bonds is 3. The fourth-order valence-corrected chi connectivity index (χ4v) is 4.51. The van der Waals surface area contributed by atoms with Crippen LogP contribution in [0.2, 0.25) is 0 Å². The zero-order valence-electron chi connectivity index (χ0n) is 15.1. The number of para-hydroxylation sites is 1. The number of ether oxygens (including phenoxy) is 1. The Hall–Kier alpha value is -2.40. The van der Waals surface area contributed by atoms with Crippen molar-refractivity contribution in [2.75, 3.05) is 12.0 Å². The van der Waals surface area contributed by atoms with E-state index in [1.807, 2.05) is 48.5 Å². The van der Waals surface area contributed by atoms with Crippen molar-refractivity contribution in [2.24, 2.45) is 0 Å². The lowest BCUT2D eigenvalue weighted by Crippen LogP contribution is -2.40. The van der Waals surface area contributed by atoms with E-state index in [9.17, 15) is 9.59 Å². The van der Waals surface area contributed by atoms with E-state index in [1.54, 1.807) is 12.0 Å². The number of carbonyl (C=O) groups excluding carboxylic acids is 2. The number of methoxy groups -OCH3 is 1. The van der Waals surface area contributed by atoms with Crippen LogP contribution in [0, 0.1) is 0 Å². The topological polar surface area (TPSA) is 46.6 Å². The lowest BCUT2D eigenvalue weighted by Gasteiger charge is -2.38. The number of hydrogen-bond acceptors (Lipinski definition) is 3. The Labute approximate surface area is 167 Å². The first-order valence-corrected chi connectivity index (χ1v) is 9.87. The Bertz CT molecular complexity index is 950. The van der Waals surface area contributed by atoms with Gasteiger partial charge in [-0.05, 0) is 37.1 Å². The number of hydrogen-bond donors (Lipinski definition) is 0. The van der Waals surface area contributed by atoms with Crippen LogP contribution >= 0.6 is 15.9 Å². The third-order valence-corrected chi connectivity index (χ3v) is 5.75. The van der Waals surface area contributed by atoms with Crippen LogP contribution in [0.1, 0.15) is 37.2 Å². The number of Topliss-reactive ketones (excluding diaryl/α,β-unsaturated/α-hetero) is 1. The van der Waals surface area contributed by atoms with Gasteiger partial charge in [0.05, 0.1) is 7.11 Å². The van der Waals surface area contributed by atoms with Crippen molar-refractivity contribution in [3.05, 3.63) is 69.8 Å². The largest absolute Gasteiger partial charge is 0.496 e. The van der Waals surface area contributed by atoms with Gasteiger partial charge >= 0.3 is 0 Å². The number of carbonyl (C=O) groups is 2. The highest BCUT2D eigenvalue weighted by Crippen LogP contribution is 2.45. The third kappa shape index (κ3) is 3.21. The minimum absolute atomic E-state index is 0.0115. The van der Waals surface area contributed by atoms with Crippen LogP contribution in [0.15, 0.2) is 64.3 Å². The summed E-state index contributed by atoms with van der Waals surface area (Å²) in [6.07, 6.45) is 2.29. The van der Waals surface area contributed by atoms with Gasteiger partial charge < -0.3 is 4.74 Å². The van der Waals surface area contributed by atoms with E-state index < -0.39 is 0 Å². The third-order valence-electron chi connectivity index (χ3n) is 5.26. The van der Waals surface area contributed by atoms with E-state index in [1.165, 1.54) is 0 Å². The molecule has 0 saturated heterocycles. The molecule has 0 spiro atoms. The van der Waals surface area contributed by atoms with Crippen molar-refractivity contribution in [3.63, 3.8) is 0 Å². The summed E-state index contributed by atoms with van der Waals surface area (Å²) in [5, 5.41) is 0. The molecule has 1 unspecified atom stereocenters. The highest BCUT2D eigenvalue weighted by molar-refractivity contribution is 9.10. The second-order valence-electron chi connectivity index (χ2n) is 6.84. The summed E-state index contributed by atoms with van der Waals surface area (Å²) in [6.45, 7) is 0. The molecule has 0 radical (unpaired) electrons. The monoisotopic (exact) mass is 425 g/mol. The van der Waals surface area contributed by atoms with Crippen LogP contribution in [0.25, 0.3) is 0 Å². The second kappa shape index (κ2) is 7.31. The van der Waals surface area contributed by atoms with Gasteiger partial charge in [-0.25, -0.2) is 0 Å². The van der Waals surface area contributed by atoms with Gasteiger partial charge in [0.15, 0.2) is 5.78 Å². The maximum Gasteiger partial charge on any atom is 0.232 e. The molecule has 2 aliphatic rings. The molecule has 0 saturated carbocycles. The van der Waals surface area contributed by atoms with Crippen molar-refractivity contribution < 1.29 is 14.3 Å². The van der Waals surface area contributed by atoms with E-state index in [0.29, 0.717) is 6.42 Å². The summed E-state index contributed by atoms with van der Waals surface area (Å²) < 4.78 is 6.42. The number of amides is 1. The molecule has 1 heterocycles. The molecule has 0 fully saturated rings. The van der Waals surface area contributed by atoms with E-state index in [0.717, 1.165) is 45.6 Å². The molecule has 0 bridgehead atoms. The predicted octanol–water partition coefficient (Wildman–Crippen LogP) is 4.99. The number of benzene rings is 2. The minimum Gasteiger partial charge on any atom is -0.496 e. The Morgan fingerprint density at radius 1 is 1.07 bits per heavy atom. The van der Waals surface area contributed by atoms with Gasteiger partial charge in [-0.3, -0.25) is 14.5 Å². The van der Waals surface area contributed by atoms with Gasteiger partial charge in [-0.2, -0.15) is 0 Å². The molecular formula is C22H20BrNO3. The van der Waals surface area contributed by atoms with Crippen LogP contribution in [-0.2, 0) is 9.59 Å². The molecule has 4 rings (SSSR count). The van der Waals surface area contributed by atoms with Crippen LogP contribution in [-0.4, -0.2) is 18.8 Å². The molecule has 5 heteroatoms. The Kier molecular flexibility index (Phi) is 4.87. The van der Waals surface area contributed by atoms with Gasteiger partial charge in [-0.15, -0.1) is 0 Å². The standard InChI is InChI=1S/C22H20BrNO3/c1-27-20-11-3-2-8-16(20)17-13-21(26)24(15-7-4-6-14(23)12-15)18-9-5-10-19(25)22(17)18/h2-4,6-8,11-12,17H,5,9-10,13H2,1H3. The van der Waals surface area contributed by atoms with E-state index >= 15 is 0 Å². The predicted molar refractivity (Wildman–Crippen MR) is 108 cm³/mol. The first-order chi connectivity index (χ1) is 13.1. The lowest BCUT2D eigenvalue weighted by molar-refractivity contribution is -0.119. The van der Waals surface area contributed by atoms with Gasteiger partial charge in [0.1, 0.15) is 5.75 Å². The summed E-state index contributed by atoms with van der Waals surface area (Å²) in [4.78, 5) is 27.8. The molecule has 1 atom stereocenters. The van der Waals surface area contributed by atoms with Crippen molar-refractivity contribution >= 4 is 33.3 Å². The van der Waals surface area contributed by atoms with Crippen molar-refractivity contribution in [2.45, 2.75) is 31.6 Å². The first kappa shape index (κ1) is 18.0. The van der Waals surface area contributed by atoms with Gasteiger partial charge in [-0.1, -0.05) is 40.2 Å². The maximum absolute atomic E-state index is 13.2. The average Bonchev–Trinajstić information content (AvgIpc) is 2.67. The highest BCUT2D eigenvalue weighted by Gasteiger charge is 2.40.